The molecular formula is C20H23N3O3. The number of hydrogen-bond donors (Lipinski definition) is 1. The first-order valence-electron chi connectivity index (χ1n) is 8.48. The lowest BCUT2D eigenvalue weighted by Crippen LogP contribution is -2.34. The molecule has 0 aromatic heterocycles. The Labute approximate surface area is 153 Å². The van der Waals surface area contributed by atoms with Crippen molar-refractivity contribution in [2.45, 2.75) is 12.5 Å². The number of hydrogen-bond acceptors (Lipinski definition) is 5. The Morgan fingerprint density at radius 1 is 1.08 bits per heavy atom. The van der Waals surface area contributed by atoms with Gasteiger partial charge in [0.1, 0.15) is 11.5 Å². The van der Waals surface area contributed by atoms with E-state index in [0.29, 0.717) is 6.42 Å². The van der Waals surface area contributed by atoms with E-state index in [2.05, 4.69) is 10.4 Å². The van der Waals surface area contributed by atoms with Gasteiger partial charge in [0, 0.05) is 6.42 Å². The second-order valence-electron chi connectivity index (χ2n) is 6.04. The molecular weight excluding hydrogens is 330 g/mol. The first kappa shape index (κ1) is 17.9. The Balaban J connectivity index is 1.89. The summed E-state index contributed by atoms with van der Waals surface area (Å²) in [7, 11) is 5.03. The van der Waals surface area contributed by atoms with Crippen LogP contribution in [-0.4, -0.2) is 44.4 Å². The highest BCUT2D eigenvalue weighted by molar-refractivity contribution is 6.03. The molecule has 6 nitrogen and oxygen atoms in total. The molecule has 0 radical (unpaired) electrons. The maximum absolute atomic E-state index is 12.5. The lowest BCUT2D eigenvalue weighted by molar-refractivity contribution is -0.131. The Kier molecular flexibility index (Phi) is 5.53. The predicted molar refractivity (Wildman–Crippen MR) is 101 cm³/mol. The molecule has 136 valence electrons. The van der Waals surface area contributed by atoms with E-state index in [1.54, 1.807) is 26.3 Å². The maximum atomic E-state index is 12.5. The van der Waals surface area contributed by atoms with Gasteiger partial charge < -0.3 is 14.8 Å². The summed E-state index contributed by atoms with van der Waals surface area (Å²) in [5, 5.41) is 9.11. The van der Waals surface area contributed by atoms with Crippen LogP contribution in [0, 0.1) is 0 Å². The van der Waals surface area contributed by atoms with Gasteiger partial charge in [0.2, 0.25) is 0 Å². The quantitative estimate of drug-likeness (QED) is 0.867. The normalized spacial score (nSPS) is 16.3. The van der Waals surface area contributed by atoms with Gasteiger partial charge in [-0.1, -0.05) is 12.1 Å². The zero-order valence-corrected chi connectivity index (χ0v) is 15.2. The SMILES string of the molecule is CNCC(=O)N1N=C(c2ccc(OC)cc2)CC1c1ccc(OC)cc1. The molecule has 1 N–H and O–H groups in total. The number of nitrogens with one attached hydrogen (secondary N) is 1. The van der Waals surface area contributed by atoms with Gasteiger partial charge in [-0.15, -0.1) is 0 Å². The van der Waals surface area contributed by atoms with Crippen LogP contribution in [0.2, 0.25) is 0 Å². The number of rotatable bonds is 6. The standard InChI is InChI=1S/C20H23N3O3/c1-21-13-20(24)23-19(15-6-10-17(26-3)11-7-15)12-18(22-23)14-4-8-16(25-2)9-5-14/h4-11,19,21H,12-13H2,1-3H3. The highest BCUT2D eigenvalue weighted by Gasteiger charge is 2.32. The van der Waals surface area contributed by atoms with Crippen molar-refractivity contribution in [3.63, 3.8) is 0 Å². The van der Waals surface area contributed by atoms with Crippen LogP contribution in [0.3, 0.4) is 0 Å². The molecule has 1 unspecified atom stereocenters. The van der Waals surface area contributed by atoms with Gasteiger partial charge in [0.15, 0.2) is 0 Å². The molecule has 0 fully saturated rings. The molecule has 1 atom stereocenters. The van der Waals surface area contributed by atoms with Crippen molar-refractivity contribution in [1.82, 2.24) is 10.3 Å². The number of ether oxygens (including phenoxy) is 2. The third kappa shape index (κ3) is 3.70. The van der Waals surface area contributed by atoms with E-state index in [-0.39, 0.29) is 18.5 Å². The monoisotopic (exact) mass is 353 g/mol. The van der Waals surface area contributed by atoms with E-state index in [1.165, 1.54) is 0 Å². The highest BCUT2D eigenvalue weighted by Crippen LogP contribution is 2.33. The van der Waals surface area contributed by atoms with Crippen molar-refractivity contribution >= 4 is 11.6 Å². The molecule has 0 saturated heterocycles. The second-order valence-corrected chi connectivity index (χ2v) is 6.04. The van der Waals surface area contributed by atoms with Crippen LogP contribution in [0.1, 0.15) is 23.6 Å². The molecule has 6 heteroatoms. The Bertz CT molecular complexity index is 785. The van der Waals surface area contributed by atoms with E-state index in [4.69, 9.17) is 9.47 Å². The van der Waals surface area contributed by atoms with Crippen molar-refractivity contribution in [1.29, 1.82) is 0 Å². The summed E-state index contributed by atoms with van der Waals surface area (Å²) in [6.07, 6.45) is 0.661. The summed E-state index contributed by atoms with van der Waals surface area (Å²) in [5.74, 6) is 1.52. The summed E-state index contributed by atoms with van der Waals surface area (Å²) in [5.41, 5.74) is 2.91. The fourth-order valence-corrected chi connectivity index (χ4v) is 3.02. The largest absolute Gasteiger partial charge is 0.497 e. The van der Waals surface area contributed by atoms with E-state index in [0.717, 1.165) is 28.3 Å². The van der Waals surface area contributed by atoms with Gasteiger partial charge in [-0.2, -0.15) is 5.10 Å². The van der Waals surface area contributed by atoms with E-state index < -0.39 is 0 Å². The molecule has 1 amide bonds. The van der Waals surface area contributed by atoms with Gasteiger partial charge in [0.05, 0.1) is 32.5 Å². The zero-order chi connectivity index (χ0) is 18.5. The van der Waals surface area contributed by atoms with Crippen LogP contribution in [0.4, 0.5) is 0 Å². The maximum Gasteiger partial charge on any atom is 0.257 e. The van der Waals surface area contributed by atoms with Crippen molar-refractivity contribution in [3.8, 4) is 11.5 Å². The third-order valence-electron chi connectivity index (χ3n) is 4.42. The average Bonchev–Trinajstić information content (AvgIpc) is 3.14. The van der Waals surface area contributed by atoms with Crippen LogP contribution in [0.15, 0.2) is 53.6 Å². The van der Waals surface area contributed by atoms with Crippen LogP contribution in [-0.2, 0) is 4.79 Å². The number of likely N-dealkylation sites (N-methyl/N-ethyl adjacent to an activating group) is 1. The number of hydrazone groups is 1. The summed E-state index contributed by atoms with van der Waals surface area (Å²) < 4.78 is 10.4. The van der Waals surface area contributed by atoms with Crippen LogP contribution in [0.25, 0.3) is 0 Å². The molecule has 0 aliphatic carbocycles. The summed E-state index contributed by atoms with van der Waals surface area (Å²) >= 11 is 0. The molecule has 0 bridgehead atoms. The number of amides is 1. The first-order chi connectivity index (χ1) is 12.7. The van der Waals surface area contributed by atoms with Crippen molar-refractivity contribution in [2.75, 3.05) is 27.8 Å². The summed E-state index contributed by atoms with van der Waals surface area (Å²) in [4.78, 5) is 12.5. The van der Waals surface area contributed by atoms with E-state index in [1.807, 2.05) is 48.5 Å². The van der Waals surface area contributed by atoms with Gasteiger partial charge in [-0.3, -0.25) is 4.79 Å². The molecule has 2 aromatic rings. The third-order valence-corrected chi connectivity index (χ3v) is 4.42. The Morgan fingerprint density at radius 2 is 1.65 bits per heavy atom. The molecule has 2 aromatic carbocycles. The summed E-state index contributed by atoms with van der Waals surface area (Å²) in [6, 6.07) is 15.4. The van der Waals surface area contributed by atoms with Crippen LogP contribution < -0.4 is 14.8 Å². The number of methoxy groups -OCH3 is 2. The molecule has 1 heterocycles. The van der Waals surface area contributed by atoms with Gasteiger partial charge in [-0.25, -0.2) is 5.01 Å². The average molecular weight is 353 g/mol. The molecule has 3 rings (SSSR count). The van der Waals surface area contributed by atoms with Gasteiger partial charge >= 0.3 is 0 Å². The smallest absolute Gasteiger partial charge is 0.257 e. The minimum absolute atomic E-state index is 0.0585. The Hall–Kier alpha value is -2.86. The number of benzene rings is 2. The molecule has 0 spiro atoms. The van der Waals surface area contributed by atoms with Gasteiger partial charge in [-0.05, 0) is 54.6 Å². The first-order valence-corrected chi connectivity index (χ1v) is 8.48. The Morgan fingerprint density at radius 3 is 2.19 bits per heavy atom. The number of carbonyl (C=O) groups is 1. The minimum Gasteiger partial charge on any atom is -0.497 e. The molecule has 0 saturated carbocycles. The van der Waals surface area contributed by atoms with Crippen molar-refractivity contribution in [2.24, 2.45) is 5.10 Å². The van der Waals surface area contributed by atoms with E-state index >= 15 is 0 Å². The lowest BCUT2D eigenvalue weighted by atomic mass is 9.98. The zero-order valence-electron chi connectivity index (χ0n) is 15.2. The highest BCUT2D eigenvalue weighted by atomic mass is 16.5. The fourth-order valence-electron chi connectivity index (χ4n) is 3.02. The van der Waals surface area contributed by atoms with E-state index in [9.17, 15) is 4.79 Å². The van der Waals surface area contributed by atoms with Crippen LogP contribution >= 0.6 is 0 Å². The lowest BCUT2D eigenvalue weighted by Gasteiger charge is -2.22. The molecule has 1 aliphatic rings. The predicted octanol–water partition coefficient (Wildman–Crippen LogP) is 2.60. The molecule has 26 heavy (non-hydrogen) atoms. The molecule has 1 aliphatic heterocycles. The van der Waals surface area contributed by atoms with Crippen molar-refractivity contribution in [3.05, 3.63) is 59.7 Å². The topological polar surface area (TPSA) is 63.2 Å². The summed E-state index contributed by atoms with van der Waals surface area (Å²) in [6.45, 7) is 0.242. The second kappa shape index (κ2) is 8.01. The number of nitrogens with zero attached hydrogens (tertiary/aromatic N) is 2. The van der Waals surface area contributed by atoms with Crippen LogP contribution in [0.5, 0.6) is 11.5 Å². The number of carbonyl (C=O) groups excluding carboxylic acids is 1. The minimum atomic E-state index is -0.126. The van der Waals surface area contributed by atoms with Gasteiger partial charge in [0.25, 0.3) is 5.91 Å². The van der Waals surface area contributed by atoms with Crippen molar-refractivity contribution < 1.29 is 14.3 Å². The fraction of sp³-hybridized carbons (Fsp3) is 0.300.